The van der Waals surface area contributed by atoms with Crippen LogP contribution in [0.25, 0.3) is 0 Å². The highest BCUT2D eigenvalue weighted by molar-refractivity contribution is 7.91. The summed E-state index contributed by atoms with van der Waals surface area (Å²) in [5.74, 6) is 1.16. The molecule has 148 valence electrons. The summed E-state index contributed by atoms with van der Waals surface area (Å²) in [6.07, 6.45) is 1.01. The van der Waals surface area contributed by atoms with Gasteiger partial charge in [0.2, 0.25) is 10.0 Å². The molecule has 0 aliphatic heterocycles. The quantitative estimate of drug-likeness (QED) is 0.691. The van der Waals surface area contributed by atoms with E-state index in [9.17, 15) is 16.8 Å². The van der Waals surface area contributed by atoms with Gasteiger partial charge in [0.1, 0.15) is 6.61 Å². The molecule has 0 atom stereocenters. The van der Waals surface area contributed by atoms with Crippen molar-refractivity contribution in [3.05, 3.63) is 42.5 Å². The Labute approximate surface area is 159 Å². The number of nitrogens with zero attached hydrogens (tertiary/aromatic N) is 1. The fraction of sp³-hybridized carbons (Fsp3) is 0.294. The lowest BCUT2D eigenvalue weighted by atomic mass is 10.3. The van der Waals surface area contributed by atoms with Gasteiger partial charge in [0.05, 0.1) is 29.1 Å². The average molecular weight is 415 g/mol. The molecule has 0 heterocycles. The Kier molecular flexibility index (Phi) is 6.34. The van der Waals surface area contributed by atoms with Crippen LogP contribution in [0.15, 0.2) is 52.3 Å². The Morgan fingerprint density at radius 2 is 1.67 bits per heavy atom. The molecule has 0 saturated heterocycles. The number of primary sulfonamides is 1. The zero-order valence-corrected chi connectivity index (χ0v) is 16.9. The summed E-state index contributed by atoms with van der Waals surface area (Å²) in [6, 6.07) is 10.9. The van der Waals surface area contributed by atoms with E-state index in [1.54, 1.807) is 31.2 Å². The molecule has 0 bridgehead atoms. The largest absolute Gasteiger partial charge is 0.493 e. The van der Waals surface area contributed by atoms with Gasteiger partial charge in [-0.25, -0.2) is 22.0 Å². The molecule has 27 heavy (non-hydrogen) atoms. The van der Waals surface area contributed by atoms with E-state index in [1.807, 2.05) is 12.1 Å². The lowest BCUT2D eigenvalue weighted by molar-refractivity contribution is 0.301. The maximum atomic E-state index is 12.1. The van der Waals surface area contributed by atoms with Crippen LogP contribution in [0.1, 0.15) is 0 Å². The third-order valence-electron chi connectivity index (χ3n) is 3.82. The van der Waals surface area contributed by atoms with Crippen LogP contribution in [-0.4, -0.2) is 50.4 Å². The van der Waals surface area contributed by atoms with Crippen LogP contribution < -0.4 is 19.5 Å². The monoisotopic (exact) mass is 414 g/mol. The molecule has 10 heteroatoms. The summed E-state index contributed by atoms with van der Waals surface area (Å²) in [6.45, 7) is 0.617. The number of sulfone groups is 1. The van der Waals surface area contributed by atoms with Gasteiger partial charge in [-0.2, -0.15) is 0 Å². The Morgan fingerprint density at radius 1 is 1.04 bits per heavy atom. The average Bonchev–Trinajstić information content (AvgIpc) is 2.60. The SMILES string of the molecule is COc1ccccc1OCCN(C)c1ccc(S(N)(=O)=O)cc1S(C)(=O)=O. The van der Waals surface area contributed by atoms with Crippen LogP contribution in [0, 0.1) is 0 Å². The number of hydrogen-bond acceptors (Lipinski definition) is 7. The van der Waals surface area contributed by atoms with Gasteiger partial charge in [0.25, 0.3) is 0 Å². The third-order valence-corrected chi connectivity index (χ3v) is 5.86. The molecule has 0 fully saturated rings. The van der Waals surface area contributed by atoms with E-state index < -0.39 is 19.9 Å². The van der Waals surface area contributed by atoms with Crippen LogP contribution in [0.5, 0.6) is 11.5 Å². The maximum Gasteiger partial charge on any atom is 0.238 e. The molecular weight excluding hydrogens is 392 g/mol. The molecule has 0 aromatic heterocycles. The van der Waals surface area contributed by atoms with Crippen molar-refractivity contribution in [2.45, 2.75) is 9.79 Å². The van der Waals surface area contributed by atoms with Gasteiger partial charge in [-0.05, 0) is 30.3 Å². The van der Waals surface area contributed by atoms with Gasteiger partial charge >= 0.3 is 0 Å². The standard InChI is InChI=1S/C17H22N2O6S2/c1-19(10-11-25-16-7-5-4-6-15(16)24-2)14-9-8-13(27(18,22)23)12-17(14)26(3,20)21/h4-9,12H,10-11H2,1-3H3,(H2,18,22,23). The summed E-state index contributed by atoms with van der Waals surface area (Å²) in [5, 5.41) is 5.10. The van der Waals surface area contributed by atoms with E-state index >= 15 is 0 Å². The van der Waals surface area contributed by atoms with Crippen molar-refractivity contribution in [1.82, 2.24) is 0 Å². The second-order valence-electron chi connectivity index (χ2n) is 5.87. The van der Waals surface area contributed by atoms with Crippen LogP contribution in [0.3, 0.4) is 0 Å². The van der Waals surface area contributed by atoms with E-state index in [0.29, 0.717) is 23.7 Å². The van der Waals surface area contributed by atoms with Crippen LogP contribution in [0.4, 0.5) is 5.69 Å². The predicted octanol–water partition coefficient (Wildman–Crippen LogP) is 1.26. The van der Waals surface area contributed by atoms with E-state index in [-0.39, 0.29) is 16.4 Å². The number of benzene rings is 2. The van der Waals surface area contributed by atoms with Crippen molar-refractivity contribution in [2.24, 2.45) is 5.14 Å². The van der Waals surface area contributed by atoms with Crippen molar-refractivity contribution in [1.29, 1.82) is 0 Å². The number of ether oxygens (including phenoxy) is 2. The molecule has 0 amide bonds. The molecule has 2 rings (SSSR count). The first-order valence-corrected chi connectivity index (χ1v) is 11.3. The van der Waals surface area contributed by atoms with E-state index in [1.165, 1.54) is 12.1 Å². The zero-order valence-electron chi connectivity index (χ0n) is 15.2. The molecule has 0 saturated carbocycles. The van der Waals surface area contributed by atoms with E-state index in [0.717, 1.165) is 12.3 Å². The summed E-state index contributed by atoms with van der Waals surface area (Å²) < 4.78 is 58.2. The van der Waals surface area contributed by atoms with Gasteiger partial charge in [-0.15, -0.1) is 0 Å². The minimum absolute atomic E-state index is 0.117. The Morgan fingerprint density at radius 3 is 2.22 bits per heavy atom. The van der Waals surface area contributed by atoms with Gasteiger partial charge < -0.3 is 14.4 Å². The maximum absolute atomic E-state index is 12.1. The smallest absolute Gasteiger partial charge is 0.238 e. The molecule has 0 spiro atoms. The Hall–Kier alpha value is -2.30. The summed E-state index contributed by atoms with van der Waals surface area (Å²) in [4.78, 5) is 1.29. The predicted molar refractivity (Wildman–Crippen MR) is 103 cm³/mol. The van der Waals surface area contributed by atoms with Crippen LogP contribution in [-0.2, 0) is 19.9 Å². The summed E-state index contributed by atoms with van der Waals surface area (Å²) in [7, 11) is -4.45. The molecule has 0 aliphatic rings. The minimum atomic E-state index is -4.01. The van der Waals surface area contributed by atoms with Gasteiger partial charge in [0, 0.05) is 13.3 Å². The van der Waals surface area contributed by atoms with Crippen molar-refractivity contribution >= 4 is 25.5 Å². The lowest BCUT2D eigenvalue weighted by Gasteiger charge is -2.22. The highest BCUT2D eigenvalue weighted by atomic mass is 32.2. The highest BCUT2D eigenvalue weighted by Crippen LogP contribution is 2.28. The number of nitrogens with two attached hydrogens (primary N) is 1. The molecule has 2 aromatic rings. The lowest BCUT2D eigenvalue weighted by Crippen LogP contribution is -2.26. The van der Waals surface area contributed by atoms with Crippen LogP contribution >= 0.6 is 0 Å². The number of rotatable bonds is 8. The molecular formula is C17H22N2O6S2. The van der Waals surface area contributed by atoms with Crippen molar-refractivity contribution in [2.75, 3.05) is 38.5 Å². The minimum Gasteiger partial charge on any atom is -0.493 e. The Balaban J connectivity index is 2.22. The van der Waals surface area contributed by atoms with E-state index in [4.69, 9.17) is 14.6 Å². The number of likely N-dealkylation sites (N-methyl/N-ethyl adjacent to an activating group) is 1. The second-order valence-corrected chi connectivity index (χ2v) is 9.41. The molecule has 8 nitrogen and oxygen atoms in total. The first-order chi connectivity index (χ1) is 12.5. The van der Waals surface area contributed by atoms with Gasteiger partial charge in [0.15, 0.2) is 21.3 Å². The van der Waals surface area contributed by atoms with E-state index in [2.05, 4.69) is 0 Å². The first-order valence-electron chi connectivity index (χ1n) is 7.88. The van der Waals surface area contributed by atoms with Gasteiger partial charge in [-0.3, -0.25) is 0 Å². The zero-order chi connectivity index (χ0) is 20.2. The molecule has 2 aromatic carbocycles. The summed E-state index contributed by atoms with van der Waals surface area (Å²) >= 11 is 0. The molecule has 2 N–H and O–H groups in total. The number of sulfonamides is 1. The van der Waals surface area contributed by atoms with Crippen molar-refractivity contribution in [3.63, 3.8) is 0 Å². The van der Waals surface area contributed by atoms with Crippen LogP contribution in [0.2, 0.25) is 0 Å². The first kappa shape index (κ1) is 21.0. The molecule has 0 radical (unpaired) electrons. The van der Waals surface area contributed by atoms with Crippen molar-refractivity contribution < 1.29 is 26.3 Å². The number of anilines is 1. The van der Waals surface area contributed by atoms with Crippen molar-refractivity contribution in [3.8, 4) is 11.5 Å². The normalized spacial score (nSPS) is 11.9. The second kappa shape index (κ2) is 8.15. The number of para-hydroxylation sites is 2. The molecule has 0 unspecified atom stereocenters. The number of hydrogen-bond donors (Lipinski definition) is 1. The van der Waals surface area contributed by atoms with Gasteiger partial charge in [-0.1, -0.05) is 12.1 Å². The topological polar surface area (TPSA) is 116 Å². The fourth-order valence-electron chi connectivity index (χ4n) is 2.43. The fourth-order valence-corrected chi connectivity index (χ4v) is 3.99. The third kappa shape index (κ3) is 5.34. The summed E-state index contributed by atoms with van der Waals surface area (Å²) in [5.41, 5.74) is 0.355. The Bertz CT molecular complexity index is 1020. The molecule has 0 aliphatic carbocycles. The number of methoxy groups -OCH3 is 1. The highest BCUT2D eigenvalue weighted by Gasteiger charge is 2.20.